The fraction of sp³-hybridized carbons (Fsp3) is 0.100. The standard InChI is InChI=1S/C20H15Cl3N2O2/c21-16-4-2-1-3-14(16)11-25-12-15(6-8-20(25)27)24-19(26)10-13-5-7-17(22)18(23)9-13/h1-9,12H,10-11H2,(H,24,26). The van der Waals surface area contributed by atoms with Gasteiger partial charge in [0.1, 0.15) is 0 Å². The highest BCUT2D eigenvalue weighted by Crippen LogP contribution is 2.23. The molecule has 0 atom stereocenters. The van der Waals surface area contributed by atoms with Crippen LogP contribution in [0.3, 0.4) is 0 Å². The second-order valence-corrected chi connectivity index (χ2v) is 7.17. The number of benzene rings is 2. The van der Waals surface area contributed by atoms with Crippen molar-refractivity contribution >= 4 is 46.4 Å². The average Bonchev–Trinajstić information content (AvgIpc) is 2.63. The van der Waals surface area contributed by atoms with Gasteiger partial charge in [-0.25, -0.2) is 0 Å². The first-order chi connectivity index (χ1) is 12.9. The lowest BCUT2D eigenvalue weighted by molar-refractivity contribution is -0.115. The number of hydrogen-bond acceptors (Lipinski definition) is 2. The Balaban J connectivity index is 1.73. The molecule has 138 valence electrons. The predicted molar refractivity (Wildman–Crippen MR) is 110 cm³/mol. The normalized spacial score (nSPS) is 10.6. The average molecular weight is 422 g/mol. The topological polar surface area (TPSA) is 51.1 Å². The van der Waals surface area contributed by atoms with Crippen molar-refractivity contribution in [1.82, 2.24) is 4.57 Å². The minimum Gasteiger partial charge on any atom is -0.324 e. The van der Waals surface area contributed by atoms with Crippen LogP contribution in [-0.4, -0.2) is 10.5 Å². The summed E-state index contributed by atoms with van der Waals surface area (Å²) in [6, 6.07) is 15.3. The van der Waals surface area contributed by atoms with Crippen LogP contribution in [0.15, 0.2) is 65.6 Å². The van der Waals surface area contributed by atoms with Gasteiger partial charge in [0, 0.05) is 17.3 Å². The maximum Gasteiger partial charge on any atom is 0.250 e. The Labute approximate surface area is 171 Å². The van der Waals surface area contributed by atoms with E-state index in [9.17, 15) is 9.59 Å². The van der Waals surface area contributed by atoms with E-state index in [1.807, 2.05) is 18.2 Å². The molecule has 27 heavy (non-hydrogen) atoms. The molecular formula is C20H15Cl3N2O2. The molecule has 0 aliphatic heterocycles. The van der Waals surface area contributed by atoms with Gasteiger partial charge < -0.3 is 9.88 Å². The molecule has 3 rings (SSSR count). The van der Waals surface area contributed by atoms with Gasteiger partial charge in [-0.1, -0.05) is 59.1 Å². The SMILES string of the molecule is O=C(Cc1ccc(Cl)c(Cl)c1)Nc1ccc(=O)n(Cc2ccccc2Cl)c1. The highest BCUT2D eigenvalue weighted by Gasteiger charge is 2.08. The number of amides is 1. The first-order valence-electron chi connectivity index (χ1n) is 8.10. The molecule has 0 bridgehead atoms. The van der Waals surface area contributed by atoms with Crippen LogP contribution >= 0.6 is 34.8 Å². The maximum absolute atomic E-state index is 12.3. The van der Waals surface area contributed by atoms with Gasteiger partial charge in [0.05, 0.1) is 28.7 Å². The quantitative estimate of drug-likeness (QED) is 0.627. The van der Waals surface area contributed by atoms with E-state index in [-0.39, 0.29) is 17.9 Å². The Hall–Kier alpha value is -2.27. The number of halogens is 3. The number of anilines is 1. The van der Waals surface area contributed by atoms with Crippen LogP contribution in [0.4, 0.5) is 5.69 Å². The Morgan fingerprint density at radius 3 is 2.44 bits per heavy atom. The highest BCUT2D eigenvalue weighted by atomic mass is 35.5. The van der Waals surface area contributed by atoms with Crippen LogP contribution in [0.25, 0.3) is 0 Å². The lowest BCUT2D eigenvalue weighted by Crippen LogP contribution is -2.21. The van der Waals surface area contributed by atoms with Crippen LogP contribution in [0.2, 0.25) is 15.1 Å². The monoisotopic (exact) mass is 420 g/mol. The van der Waals surface area contributed by atoms with E-state index in [4.69, 9.17) is 34.8 Å². The molecule has 2 aromatic carbocycles. The van der Waals surface area contributed by atoms with Crippen molar-refractivity contribution in [3.05, 3.63) is 97.3 Å². The van der Waals surface area contributed by atoms with Crippen LogP contribution in [0.5, 0.6) is 0 Å². The molecule has 0 radical (unpaired) electrons. The number of rotatable bonds is 5. The van der Waals surface area contributed by atoms with Crippen molar-refractivity contribution in [3.63, 3.8) is 0 Å². The second kappa shape index (κ2) is 8.61. The van der Waals surface area contributed by atoms with Gasteiger partial charge in [0.2, 0.25) is 5.91 Å². The summed E-state index contributed by atoms with van der Waals surface area (Å²) in [5, 5.41) is 4.20. The third-order valence-electron chi connectivity index (χ3n) is 3.91. The van der Waals surface area contributed by atoms with Gasteiger partial charge in [-0.15, -0.1) is 0 Å². The summed E-state index contributed by atoms with van der Waals surface area (Å²) in [7, 11) is 0. The molecule has 0 spiro atoms. The van der Waals surface area contributed by atoms with E-state index in [0.717, 1.165) is 11.1 Å². The van der Waals surface area contributed by atoms with Crippen molar-refractivity contribution in [2.24, 2.45) is 0 Å². The molecule has 0 saturated carbocycles. The minimum absolute atomic E-state index is 0.139. The van der Waals surface area contributed by atoms with E-state index in [1.165, 1.54) is 10.6 Å². The highest BCUT2D eigenvalue weighted by molar-refractivity contribution is 6.42. The van der Waals surface area contributed by atoms with Crippen molar-refractivity contribution in [3.8, 4) is 0 Å². The summed E-state index contributed by atoms with van der Waals surface area (Å²) in [5.74, 6) is -0.226. The van der Waals surface area contributed by atoms with Crippen molar-refractivity contribution in [2.45, 2.75) is 13.0 Å². The number of nitrogens with zero attached hydrogens (tertiary/aromatic N) is 1. The summed E-state index contributed by atoms with van der Waals surface area (Å²) in [4.78, 5) is 24.4. The molecule has 3 aromatic rings. The zero-order valence-corrected chi connectivity index (χ0v) is 16.4. The number of hydrogen-bond donors (Lipinski definition) is 1. The van der Waals surface area contributed by atoms with Gasteiger partial charge in [0.25, 0.3) is 5.56 Å². The first kappa shape index (κ1) is 19.5. The van der Waals surface area contributed by atoms with Crippen molar-refractivity contribution in [2.75, 3.05) is 5.32 Å². The summed E-state index contributed by atoms with van der Waals surface area (Å²) >= 11 is 18.0. The molecule has 1 N–H and O–H groups in total. The van der Waals surface area contributed by atoms with Gasteiger partial charge in [0.15, 0.2) is 0 Å². The van der Waals surface area contributed by atoms with E-state index in [1.54, 1.807) is 36.5 Å². The Bertz CT molecular complexity index is 1050. The van der Waals surface area contributed by atoms with Gasteiger partial charge in [-0.05, 0) is 35.4 Å². The van der Waals surface area contributed by atoms with Crippen LogP contribution in [-0.2, 0) is 17.8 Å². The molecule has 0 fully saturated rings. The molecule has 7 heteroatoms. The zero-order chi connectivity index (χ0) is 19.4. The zero-order valence-electron chi connectivity index (χ0n) is 14.1. The van der Waals surface area contributed by atoms with Crippen LogP contribution in [0.1, 0.15) is 11.1 Å². The molecule has 0 unspecified atom stereocenters. The van der Waals surface area contributed by atoms with Crippen LogP contribution in [0, 0.1) is 0 Å². The van der Waals surface area contributed by atoms with E-state index >= 15 is 0 Å². The molecule has 0 saturated heterocycles. The Kier molecular flexibility index (Phi) is 6.22. The summed E-state index contributed by atoms with van der Waals surface area (Å²) < 4.78 is 1.50. The van der Waals surface area contributed by atoms with E-state index < -0.39 is 0 Å². The number of aromatic nitrogens is 1. The van der Waals surface area contributed by atoms with Gasteiger partial charge in [-0.3, -0.25) is 9.59 Å². The van der Waals surface area contributed by atoms with Gasteiger partial charge in [-0.2, -0.15) is 0 Å². The molecular weight excluding hydrogens is 407 g/mol. The number of carbonyl (C=O) groups excluding carboxylic acids is 1. The third kappa shape index (κ3) is 5.13. The minimum atomic E-state index is -0.226. The smallest absolute Gasteiger partial charge is 0.250 e. The largest absolute Gasteiger partial charge is 0.324 e. The molecule has 0 aliphatic rings. The number of pyridine rings is 1. The number of nitrogens with one attached hydrogen (secondary N) is 1. The third-order valence-corrected chi connectivity index (χ3v) is 5.02. The summed E-state index contributed by atoms with van der Waals surface area (Å²) in [6.07, 6.45) is 1.74. The Morgan fingerprint density at radius 2 is 1.70 bits per heavy atom. The van der Waals surface area contributed by atoms with Crippen molar-refractivity contribution < 1.29 is 4.79 Å². The van der Waals surface area contributed by atoms with Gasteiger partial charge >= 0.3 is 0 Å². The molecule has 0 aliphatic carbocycles. The Morgan fingerprint density at radius 1 is 0.926 bits per heavy atom. The second-order valence-electron chi connectivity index (χ2n) is 5.95. The lowest BCUT2D eigenvalue weighted by atomic mass is 10.1. The maximum atomic E-state index is 12.3. The lowest BCUT2D eigenvalue weighted by Gasteiger charge is -2.11. The van der Waals surface area contributed by atoms with E-state index in [2.05, 4.69) is 5.32 Å². The summed E-state index contributed by atoms with van der Waals surface area (Å²) in [6.45, 7) is 0.314. The fourth-order valence-electron chi connectivity index (χ4n) is 2.58. The molecule has 1 amide bonds. The molecule has 1 aromatic heterocycles. The molecule has 1 heterocycles. The molecule has 4 nitrogen and oxygen atoms in total. The first-order valence-corrected chi connectivity index (χ1v) is 9.23. The predicted octanol–water partition coefficient (Wildman–Crippen LogP) is 5.04. The van der Waals surface area contributed by atoms with Crippen LogP contribution < -0.4 is 10.9 Å². The van der Waals surface area contributed by atoms with Crippen molar-refractivity contribution in [1.29, 1.82) is 0 Å². The summed E-state index contributed by atoms with van der Waals surface area (Å²) in [5.41, 5.74) is 1.90. The van der Waals surface area contributed by atoms with E-state index in [0.29, 0.717) is 27.3 Å². The fourth-order valence-corrected chi connectivity index (χ4v) is 3.10. The number of carbonyl (C=O) groups is 1.